The Bertz CT molecular complexity index is 1200. The van der Waals surface area contributed by atoms with Gasteiger partial charge in [-0.15, -0.1) is 0 Å². The Hall–Kier alpha value is -2.14. The number of allylic oxidation sites excluding steroid dienone is 8. The van der Waals surface area contributed by atoms with Gasteiger partial charge < -0.3 is 14.6 Å². The normalized spacial score (nSPS) is 12.4. The zero-order valence-corrected chi connectivity index (χ0v) is 49.2. The second kappa shape index (κ2) is 64.1. The number of carbonyl (C=O) groups is 2. The molecule has 0 fully saturated rings. The van der Waals surface area contributed by atoms with Crippen LogP contribution in [0.15, 0.2) is 48.6 Å². The molecule has 0 aliphatic carbocycles. The molecule has 73 heavy (non-hydrogen) atoms. The molecule has 0 bridgehead atoms. The van der Waals surface area contributed by atoms with Crippen LogP contribution in [0.3, 0.4) is 0 Å². The number of hydrogen-bond donors (Lipinski definition) is 1. The fourth-order valence-corrected chi connectivity index (χ4v) is 10.0. The molecule has 0 aliphatic heterocycles. The van der Waals surface area contributed by atoms with Gasteiger partial charge in [-0.2, -0.15) is 0 Å². The Balaban J connectivity index is 3.38. The fourth-order valence-electron chi connectivity index (χ4n) is 10.0. The molecule has 1 atom stereocenters. The minimum atomic E-state index is -0.768. The van der Waals surface area contributed by atoms with Gasteiger partial charge in [0.2, 0.25) is 0 Å². The molecular formula is C68H126O5. The monoisotopic (exact) mass is 1020 g/mol. The van der Waals surface area contributed by atoms with Crippen molar-refractivity contribution < 1.29 is 24.2 Å². The van der Waals surface area contributed by atoms with Crippen molar-refractivity contribution in [1.29, 1.82) is 0 Å². The number of ether oxygens (including phenoxy) is 2. The standard InChI is InChI=1S/C68H126O5/c1-3-5-7-9-11-13-15-17-19-21-23-25-27-28-29-30-31-32-33-34-35-36-37-38-39-40-41-43-45-47-49-51-53-55-57-59-61-63-68(71)73-66(64-69)65-72-67(70)62-60-58-56-54-52-50-48-46-44-42-26-24-22-20-18-16-14-12-10-8-6-4-2/h5,7,11,13,17,19,23,25,66,69H,3-4,6,8-10,12,14-16,18,20-22,24,26-65H2,1-2H3/b7-5-,13-11-,19-17-,25-23-. The molecule has 428 valence electrons. The molecule has 0 spiro atoms. The Morgan fingerprint density at radius 1 is 0.329 bits per heavy atom. The van der Waals surface area contributed by atoms with Gasteiger partial charge >= 0.3 is 11.9 Å². The molecule has 0 saturated carbocycles. The first kappa shape index (κ1) is 70.9. The average Bonchev–Trinajstić information content (AvgIpc) is 3.39. The molecule has 1 unspecified atom stereocenters. The van der Waals surface area contributed by atoms with Crippen LogP contribution >= 0.6 is 0 Å². The first-order valence-corrected chi connectivity index (χ1v) is 32.7. The average molecular weight is 1020 g/mol. The van der Waals surface area contributed by atoms with Gasteiger partial charge in [0.15, 0.2) is 6.10 Å². The highest BCUT2D eigenvalue weighted by atomic mass is 16.6. The van der Waals surface area contributed by atoms with E-state index >= 15 is 0 Å². The molecule has 1 N–H and O–H groups in total. The van der Waals surface area contributed by atoms with E-state index in [0.29, 0.717) is 12.8 Å². The molecule has 0 aliphatic rings. The van der Waals surface area contributed by atoms with Crippen molar-refractivity contribution in [2.24, 2.45) is 0 Å². The third kappa shape index (κ3) is 62.3. The quantitative estimate of drug-likeness (QED) is 0.0373. The van der Waals surface area contributed by atoms with Gasteiger partial charge in [0, 0.05) is 12.8 Å². The summed E-state index contributed by atoms with van der Waals surface area (Å²) in [4.78, 5) is 24.6. The summed E-state index contributed by atoms with van der Waals surface area (Å²) in [5, 5.41) is 9.68. The predicted octanol–water partition coefficient (Wildman–Crippen LogP) is 22.4. The summed E-state index contributed by atoms with van der Waals surface area (Å²) in [6, 6.07) is 0. The van der Waals surface area contributed by atoms with Gasteiger partial charge in [-0.1, -0.05) is 339 Å². The summed E-state index contributed by atoms with van der Waals surface area (Å²) in [5.74, 6) is -0.566. The van der Waals surface area contributed by atoms with Gasteiger partial charge in [0.1, 0.15) is 6.61 Å². The maximum absolute atomic E-state index is 12.3. The largest absolute Gasteiger partial charge is 0.462 e. The molecule has 0 aromatic heterocycles. The van der Waals surface area contributed by atoms with Crippen molar-refractivity contribution in [1.82, 2.24) is 0 Å². The smallest absolute Gasteiger partial charge is 0.306 e. The summed E-state index contributed by atoms with van der Waals surface area (Å²) < 4.78 is 10.7. The van der Waals surface area contributed by atoms with E-state index in [1.54, 1.807) is 0 Å². The summed E-state index contributed by atoms with van der Waals surface area (Å²) >= 11 is 0. The van der Waals surface area contributed by atoms with E-state index in [2.05, 4.69) is 62.5 Å². The van der Waals surface area contributed by atoms with Gasteiger partial charge in [-0.05, 0) is 51.4 Å². The number of unbranched alkanes of at least 4 members (excludes halogenated alkanes) is 45. The lowest BCUT2D eigenvalue weighted by atomic mass is 10.0. The topological polar surface area (TPSA) is 72.8 Å². The minimum Gasteiger partial charge on any atom is -0.462 e. The van der Waals surface area contributed by atoms with E-state index in [4.69, 9.17) is 9.47 Å². The lowest BCUT2D eigenvalue weighted by molar-refractivity contribution is -0.161. The van der Waals surface area contributed by atoms with Crippen LogP contribution in [0.2, 0.25) is 0 Å². The van der Waals surface area contributed by atoms with Crippen molar-refractivity contribution in [2.75, 3.05) is 13.2 Å². The molecule has 5 nitrogen and oxygen atoms in total. The fraction of sp³-hybridized carbons (Fsp3) is 0.853. The summed E-state index contributed by atoms with van der Waals surface area (Å²) in [6.45, 7) is 4.09. The number of carbonyl (C=O) groups excluding carboxylic acids is 2. The van der Waals surface area contributed by atoms with E-state index in [0.717, 1.165) is 57.8 Å². The van der Waals surface area contributed by atoms with Crippen LogP contribution in [-0.4, -0.2) is 36.4 Å². The molecule has 0 heterocycles. The third-order valence-electron chi connectivity index (χ3n) is 14.9. The Morgan fingerprint density at radius 3 is 0.890 bits per heavy atom. The zero-order valence-electron chi connectivity index (χ0n) is 49.2. The van der Waals surface area contributed by atoms with E-state index < -0.39 is 6.10 Å². The van der Waals surface area contributed by atoms with E-state index in [1.165, 1.54) is 270 Å². The first-order chi connectivity index (χ1) is 36.1. The van der Waals surface area contributed by atoms with E-state index in [-0.39, 0.29) is 25.2 Å². The number of hydrogen-bond acceptors (Lipinski definition) is 5. The van der Waals surface area contributed by atoms with Crippen LogP contribution in [0.25, 0.3) is 0 Å². The molecule has 0 rings (SSSR count). The Labute approximate surface area is 456 Å². The van der Waals surface area contributed by atoms with Crippen molar-refractivity contribution >= 4 is 11.9 Å². The lowest BCUT2D eigenvalue weighted by Crippen LogP contribution is -2.28. The molecule has 5 heteroatoms. The van der Waals surface area contributed by atoms with Crippen LogP contribution < -0.4 is 0 Å². The van der Waals surface area contributed by atoms with Crippen LogP contribution in [0, 0.1) is 0 Å². The second-order valence-corrected chi connectivity index (χ2v) is 22.2. The summed E-state index contributed by atoms with van der Waals surface area (Å²) in [6.07, 6.45) is 85.6. The molecule has 0 radical (unpaired) electrons. The summed E-state index contributed by atoms with van der Waals surface area (Å²) in [7, 11) is 0. The molecule has 0 aromatic rings. The number of esters is 2. The van der Waals surface area contributed by atoms with Crippen LogP contribution in [0.1, 0.15) is 354 Å². The Kier molecular flexibility index (Phi) is 62.3. The maximum Gasteiger partial charge on any atom is 0.306 e. The number of aliphatic hydroxyl groups excluding tert-OH is 1. The highest BCUT2D eigenvalue weighted by Gasteiger charge is 2.16. The Morgan fingerprint density at radius 2 is 0.589 bits per heavy atom. The lowest BCUT2D eigenvalue weighted by Gasteiger charge is -2.15. The first-order valence-electron chi connectivity index (χ1n) is 32.7. The van der Waals surface area contributed by atoms with Crippen LogP contribution in [-0.2, 0) is 19.1 Å². The zero-order chi connectivity index (χ0) is 52.7. The molecule has 0 aromatic carbocycles. The van der Waals surface area contributed by atoms with Gasteiger partial charge in [-0.3, -0.25) is 9.59 Å². The van der Waals surface area contributed by atoms with Crippen molar-refractivity contribution in [3.63, 3.8) is 0 Å². The van der Waals surface area contributed by atoms with Crippen LogP contribution in [0.4, 0.5) is 0 Å². The molecule has 0 saturated heterocycles. The highest BCUT2D eigenvalue weighted by Crippen LogP contribution is 2.19. The number of aliphatic hydroxyl groups is 1. The second-order valence-electron chi connectivity index (χ2n) is 22.2. The van der Waals surface area contributed by atoms with Crippen LogP contribution in [0.5, 0.6) is 0 Å². The maximum atomic E-state index is 12.3. The third-order valence-corrected chi connectivity index (χ3v) is 14.9. The number of rotatable bonds is 61. The van der Waals surface area contributed by atoms with Crippen molar-refractivity contribution in [2.45, 2.75) is 360 Å². The molecule has 0 amide bonds. The van der Waals surface area contributed by atoms with Gasteiger partial charge in [0.25, 0.3) is 0 Å². The van der Waals surface area contributed by atoms with E-state index in [1.807, 2.05) is 0 Å². The van der Waals surface area contributed by atoms with Gasteiger partial charge in [0.05, 0.1) is 6.61 Å². The van der Waals surface area contributed by atoms with Crippen molar-refractivity contribution in [3.8, 4) is 0 Å². The highest BCUT2D eigenvalue weighted by molar-refractivity contribution is 5.70. The SMILES string of the molecule is CC/C=C\C/C=C\C/C=C\C/C=C\CCCCCCCCCCCCCCCCCCCCCCCCCCC(=O)OC(CO)COC(=O)CCCCCCCCCCCCCCCCCCCCCCCC. The van der Waals surface area contributed by atoms with E-state index in [9.17, 15) is 14.7 Å². The minimum absolute atomic E-state index is 0.0586. The molecular weight excluding hydrogens is 897 g/mol. The van der Waals surface area contributed by atoms with Gasteiger partial charge in [-0.25, -0.2) is 0 Å². The predicted molar refractivity (Wildman–Crippen MR) is 321 cm³/mol. The van der Waals surface area contributed by atoms with Crippen molar-refractivity contribution in [3.05, 3.63) is 48.6 Å². The summed E-state index contributed by atoms with van der Waals surface area (Å²) in [5.41, 5.74) is 0.